The highest BCUT2D eigenvalue weighted by Crippen LogP contribution is 2.33. The zero-order chi connectivity index (χ0) is 21.2. The maximum atomic E-state index is 11.9. The number of benzene rings is 1. The summed E-state index contributed by atoms with van der Waals surface area (Å²) in [5, 5.41) is 7.01. The molecule has 2 rings (SSSR count). The van der Waals surface area contributed by atoms with E-state index in [9.17, 15) is 14.4 Å². The van der Waals surface area contributed by atoms with Gasteiger partial charge in [0, 0.05) is 17.5 Å². The van der Waals surface area contributed by atoms with E-state index in [0.29, 0.717) is 28.7 Å². The Bertz CT molecular complexity index is 867. The van der Waals surface area contributed by atoms with Gasteiger partial charge in [-0.25, -0.2) is 9.78 Å². The molecule has 0 aliphatic heterocycles. The predicted molar refractivity (Wildman–Crippen MR) is 107 cm³/mol. The summed E-state index contributed by atoms with van der Waals surface area (Å²) in [4.78, 5) is 39.3. The predicted octanol–water partition coefficient (Wildman–Crippen LogP) is 2.15. The molecule has 0 saturated heterocycles. The Labute approximate surface area is 172 Å². The number of imide groups is 1. The van der Waals surface area contributed by atoms with Crippen molar-refractivity contribution in [3.63, 3.8) is 0 Å². The number of carbonyl (C=O) groups is 3. The fourth-order valence-corrected chi connectivity index (χ4v) is 3.10. The van der Waals surface area contributed by atoms with E-state index in [0.717, 1.165) is 12.0 Å². The minimum atomic E-state index is -0.698. The number of rotatable bonds is 9. The van der Waals surface area contributed by atoms with Gasteiger partial charge in [-0.1, -0.05) is 6.92 Å². The van der Waals surface area contributed by atoms with Gasteiger partial charge in [-0.15, -0.1) is 11.3 Å². The highest BCUT2D eigenvalue weighted by molar-refractivity contribution is 7.13. The zero-order valence-corrected chi connectivity index (χ0v) is 17.3. The second kappa shape index (κ2) is 11.0. The van der Waals surface area contributed by atoms with Crippen LogP contribution in [0.2, 0.25) is 0 Å². The molecule has 2 N–H and O–H groups in total. The number of nitrogens with zero attached hydrogens (tertiary/aromatic N) is 1. The second-order valence-corrected chi connectivity index (χ2v) is 6.71. The summed E-state index contributed by atoms with van der Waals surface area (Å²) in [6.07, 6.45) is 0.661. The average molecular weight is 421 g/mol. The van der Waals surface area contributed by atoms with Crippen LogP contribution in [0.5, 0.6) is 11.5 Å². The third-order valence-electron chi connectivity index (χ3n) is 3.66. The first-order valence-electron chi connectivity index (χ1n) is 8.86. The van der Waals surface area contributed by atoms with E-state index < -0.39 is 24.5 Å². The largest absolute Gasteiger partial charge is 0.493 e. The lowest BCUT2D eigenvalue weighted by molar-refractivity contribution is -0.147. The molecule has 1 heterocycles. The molecule has 0 atom stereocenters. The van der Waals surface area contributed by atoms with Crippen LogP contribution in [0.15, 0.2) is 23.6 Å². The second-order valence-electron chi connectivity index (χ2n) is 5.86. The number of hydrogen-bond donors (Lipinski definition) is 2. The van der Waals surface area contributed by atoms with Crippen LogP contribution in [-0.2, 0) is 20.7 Å². The van der Waals surface area contributed by atoms with Crippen LogP contribution in [-0.4, -0.2) is 50.3 Å². The van der Waals surface area contributed by atoms with Gasteiger partial charge in [-0.3, -0.25) is 14.9 Å². The van der Waals surface area contributed by atoms with E-state index in [1.807, 2.05) is 13.0 Å². The Morgan fingerprint density at radius 1 is 1.14 bits per heavy atom. The Kier molecular flexibility index (Phi) is 8.41. The highest BCUT2D eigenvalue weighted by atomic mass is 32.1. The molecule has 1 aromatic heterocycles. The first-order chi connectivity index (χ1) is 14.0. The van der Waals surface area contributed by atoms with E-state index in [-0.39, 0.29) is 6.42 Å². The van der Waals surface area contributed by atoms with Crippen LogP contribution in [0.3, 0.4) is 0 Å². The van der Waals surface area contributed by atoms with Crippen LogP contribution >= 0.6 is 11.3 Å². The van der Waals surface area contributed by atoms with Gasteiger partial charge < -0.3 is 19.5 Å². The summed E-state index contributed by atoms with van der Waals surface area (Å²) in [6.45, 7) is 1.80. The van der Waals surface area contributed by atoms with Crippen molar-refractivity contribution >= 4 is 29.2 Å². The van der Waals surface area contributed by atoms with E-state index in [4.69, 9.17) is 14.2 Å². The van der Waals surface area contributed by atoms with Crippen LogP contribution in [0.1, 0.15) is 19.0 Å². The van der Waals surface area contributed by atoms with Gasteiger partial charge in [-0.05, 0) is 24.6 Å². The number of aromatic nitrogens is 1. The van der Waals surface area contributed by atoms with Crippen LogP contribution in [0.25, 0.3) is 10.6 Å². The number of esters is 1. The summed E-state index contributed by atoms with van der Waals surface area (Å²) >= 11 is 1.37. The number of hydrogen-bond acceptors (Lipinski definition) is 8. The fourth-order valence-electron chi connectivity index (χ4n) is 2.28. The number of urea groups is 1. The van der Waals surface area contributed by atoms with Gasteiger partial charge in [-0.2, -0.15) is 0 Å². The number of ether oxygens (including phenoxy) is 3. The summed E-state index contributed by atoms with van der Waals surface area (Å²) in [6, 6.07) is 4.80. The monoisotopic (exact) mass is 421 g/mol. The molecule has 2 aromatic rings. The molecule has 0 aliphatic rings. The van der Waals surface area contributed by atoms with Crippen LogP contribution in [0.4, 0.5) is 4.79 Å². The Balaban J connectivity index is 1.87. The number of carbonyl (C=O) groups excluding carboxylic acids is 3. The molecule has 0 unspecified atom stereocenters. The molecule has 0 fully saturated rings. The fraction of sp³-hybridized carbons (Fsp3) is 0.368. The molecular weight excluding hydrogens is 398 g/mol. The maximum Gasteiger partial charge on any atom is 0.321 e. The van der Waals surface area contributed by atoms with Gasteiger partial charge in [0.1, 0.15) is 5.01 Å². The van der Waals surface area contributed by atoms with E-state index in [1.54, 1.807) is 31.7 Å². The topological polar surface area (TPSA) is 116 Å². The summed E-state index contributed by atoms with van der Waals surface area (Å²) in [7, 11) is 3.11. The number of nitrogens with one attached hydrogen (secondary N) is 2. The first-order valence-corrected chi connectivity index (χ1v) is 9.74. The van der Waals surface area contributed by atoms with Gasteiger partial charge in [0.05, 0.1) is 26.3 Å². The van der Waals surface area contributed by atoms with Crippen molar-refractivity contribution in [3.05, 3.63) is 29.3 Å². The molecule has 29 heavy (non-hydrogen) atoms. The normalized spacial score (nSPS) is 10.2. The molecular formula is C19H23N3O6S. The minimum absolute atomic E-state index is 0.0842. The molecule has 156 valence electrons. The standard InChI is InChI=1S/C19H23N3O6S/c1-4-7-20-19(25)22-16(23)10-28-17(24)9-13-11-29-18(21-13)12-5-6-14(26-2)15(8-12)27-3/h5-6,8,11H,4,7,9-10H2,1-3H3,(H2,20,22,23,25). The molecule has 0 bridgehead atoms. The summed E-state index contributed by atoms with van der Waals surface area (Å²) in [5.74, 6) is -0.122. The van der Waals surface area contributed by atoms with Crippen molar-refractivity contribution in [1.82, 2.24) is 15.6 Å². The minimum Gasteiger partial charge on any atom is -0.493 e. The zero-order valence-electron chi connectivity index (χ0n) is 16.4. The Morgan fingerprint density at radius 3 is 2.59 bits per heavy atom. The maximum absolute atomic E-state index is 11.9. The lowest BCUT2D eigenvalue weighted by Crippen LogP contribution is -2.41. The summed E-state index contributed by atoms with van der Waals surface area (Å²) in [5.41, 5.74) is 1.34. The van der Waals surface area contributed by atoms with Crippen molar-refractivity contribution in [2.45, 2.75) is 19.8 Å². The molecule has 0 radical (unpaired) electrons. The van der Waals surface area contributed by atoms with E-state index in [1.165, 1.54) is 11.3 Å². The van der Waals surface area contributed by atoms with E-state index in [2.05, 4.69) is 15.6 Å². The van der Waals surface area contributed by atoms with Gasteiger partial charge >= 0.3 is 12.0 Å². The SMILES string of the molecule is CCCNC(=O)NC(=O)COC(=O)Cc1csc(-c2ccc(OC)c(OC)c2)n1. The molecule has 10 heteroatoms. The highest BCUT2D eigenvalue weighted by Gasteiger charge is 2.14. The van der Waals surface area contributed by atoms with Crippen molar-refractivity contribution in [2.75, 3.05) is 27.4 Å². The first kappa shape index (κ1) is 22.2. The Hall–Kier alpha value is -3.14. The average Bonchev–Trinajstić information content (AvgIpc) is 3.18. The van der Waals surface area contributed by atoms with Gasteiger partial charge in [0.25, 0.3) is 5.91 Å². The van der Waals surface area contributed by atoms with E-state index >= 15 is 0 Å². The molecule has 0 saturated carbocycles. The van der Waals surface area contributed by atoms with Gasteiger partial charge in [0.15, 0.2) is 18.1 Å². The smallest absolute Gasteiger partial charge is 0.321 e. The summed E-state index contributed by atoms with van der Waals surface area (Å²) < 4.78 is 15.4. The quantitative estimate of drug-likeness (QED) is 0.596. The van der Waals surface area contributed by atoms with Crippen molar-refractivity contribution in [1.29, 1.82) is 0 Å². The molecule has 9 nitrogen and oxygen atoms in total. The molecule has 3 amide bonds. The third-order valence-corrected chi connectivity index (χ3v) is 4.60. The Morgan fingerprint density at radius 2 is 1.90 bits per heavy atom. The molecule has 1 aromatic carbocycles. The number of amides is 3. The van der Waals surface area contributed by atoms with Crippen molar-refractivity contribution < 1.29 is 28.6 Å². The lowest BCUT2D eigenvalue weighted by Gasteiger charge is -2.08. The van der Waals surface area contributed by atoms with Crippen LogP contribution in [0, 0.1) is 0 Å². The number of methoxy groups -OCH3 is 2. The lowest BCUT2D eigenvalue weighted by atomic mass is 10.2. The van der Waals surface area contributed by atoms with Crippen LogP contribution < -0.4 is 20.1 Å². The van der Waals surface area contributed by atoms with Crippen molar-refractivity contribution in [3.8, 4) is 22.1 Å². The third kappa shape index (κ3) is 6.75. The molecule has 0 spiro atoms. The van der Waals surface area contributed by atoms with Crippen molar-refractivity contribution in [2.24, 2.45) is 0 Å². The molecule has 0 aliphatic carbocycles. The number of thiazole rings is 1. The van der Waals surface area contributed by atoms with Gasteiger partial charge in [0.2, 0.25) is 0 Å².